The third-order valence-corrected chi connectivity index (χ3v) is 2.33. The molecule has 2 rings (SSSR count). The molecule has 0 radical (unpaired) electrons. The molecule has 15 heavy (non-hydrogen) atoms. The standard InChI is InChI=1S/C10H7ClFNO2/c1-5-10(14)9(13-15-5)6-3-2-4-7(11)8(6)12/h2-4,14H,1H3. The van der Waals surface area contributed by atoms with Gasteiger partial charge in [0.25, 0.3) is 0 Å². The minimum atomic E-state index is -0.622. The maximum absolute atomic E-state index is 13.6. The van der Waals surface area contributed by atoms with E-state index in [1.807, 2.05) is 0 Å². The molecule has 0 saturated heterocycles. The van der Waals surface area contributed by atoms with Gasteiger partial charge in [-0.25, -0.2) is 4.39 Å². The molecule has 1 aromatic carbocycles. The Kier molecular flexibility index (Phi) is 2.36. The number of halogens is 2. The average Bonchev–Trinajstić information content (AvgIpc) is 2.53. The number of aromatic hydroxyl groups is 1. The maximum Gasteiger partial charge on any atom is 0.186 e. The van der Waals surface area contributed by atoms with Crippen molar-refractivity contribution in [3.05, 3.63) is 34.8 Å². The summed E-state index contributed by atoms with van der Waals surface area (Å²) in [6.07, 6.45) is 0. The summed E-state index contributed by atoms with van der Waals surface area (Å²) in [6, 6.07) is 4.47. The quantitative estimate of drug-likeness (QED) is 0.814. The van der Waals surface area contributed by atoms with Crippen LogP contribution >= 0.6 is 11.6 Å². The van der Waals surface area contributed by atoms with Crippen molar-refractivity contribution in [3.63, 3.8) is 0 Å². The van der Waals surface area contributed by atoms with Gasteiger partial charge in [-0.1, -0.05) is 22.8 Å². The van der Waals surface area contributed by atoms with Crippen LogP contribution in [-0.2, 0) is 0 Å². The van der Waals surface area contributed by atoms with E-state index in [0.29, 0.717) is 0 Å². The van der Waals surface area contributed by atoms with E-state index in [2.05, 4.69) is 5.16 Å². The zero-order valence-electron chi connectivity index (χ0n) is 7.79. The van der Waals surface area contributed by atoms with Crippen LogP contribution in [-0.4, -0.2) is 10.3 Å². The Hall–Kier alpha value is -1.55. The van der Waals surface area contributed by atoms with Gasteiger partial charge in [0, 0.05) is 12.5 Å². The van der Waals surface area contributed by atoms with Crippen LogP contribution in [0.2, 0.25) is 5.02 Å². The fourth-order valence-electron chi connectivity index (χ4n) is 1.23. The molecule has 0 aliphatic heterocycles. The highest BCUT2D eigenvalue weighted by Gasteiger charge is 2.18. The second-order valence-electron chi connectivity index (χ2n) is 3.04. The van der Waals surface area contributed by atoms with Crippen LogP contribution in [0.25, 0.3) is 11.3 Å². The summed E-state index contributed by atoms with van der Waals surface area (Å²) in [5, 5.41) is 13.1. The van der Waals surface area contributed by atoms with E-state index in [9.17, 15) is 9.50 Å². The molecule has 78 valence electrons. The minimum Gasteiger partial charge on any atom is -0.503 e. The van der Waals surface area contributed by atoms with Crippen molar-refractivity contribution >= 4 is 11.6 Å². The first-order valence-electron chi connectivity index (χ1n) is 4.21. The molecule has 1 aromatic heterocycles. The summed E-state index contributed by atoms with van der Waals surface area (Å²) in [4.78, 5) is 0. The summed E-state index contributed by atoms with van der Waals surface area (Å²) in [6.45, 7) is 1.54. The normalized spacial score (nSPS) is 10.6. The predicted octanol–water partition coefficient (Wildman–Crippen LogP) is 3.15. The first kappa shape index (κ1) is 9.98. The van der Waals surface area contributed by atoms with Gasteiger partial charge in [-0.05, 0) is 12.1 Å². The highest BCUT2D eigenvalue weighted by atomic mass is 35.5. The van der Waals surface area contributed by atoms with Crippen molar-refractivity contribution in [1.82, 2.24) is 5.16 Å². The lowest BCUT2D eigenvalue weighted by Gasteiger charge is -2.00. The molecule has 0 aliphatic carbocycles. The van der Waals surface area contributed by atoms with E-state index in [0.717, 1.165) is 0 Å². The summed E-state index contributed by atoms with van der Waals surface area (Å²) < 4.78 is 18.3. The summed E-state index contributed by atoms with van der Waals surface area (Å²) in [7, 11) is 0. The molecule has 0 fully saturated rings. The van der Waals surface area contributed by atoms with E-state index in [1.165, 1.54) is 19.1 Å². The van der Waals surface area contributed by atoms with Gasteiger partial charge >= 0.3 is 0 Å². The number of rotatable bonds is 1. The molecule has 2 aromatic rings. The summed E-state index contributed by atoms with van der Waals surface area (Å²) in [5.74, 6) is -0.552. The predicted molar refractivity (Wildman–Crippen MR) is 53.3 cm³/mol. The van der Waals surface area contributed by atoms with Gasteiger partial charge in [-0.2, -0.15) is 0 Å². The van der Waals surface area contributed by atoms with E-state index in [4.69, 9.17) is 16.1 Å². The Balaban J connectivity index is 2.64. The van der Waals surface area contributed by atoms with Crippen LogP contribution in [0, 0.1) is 12.7 Å². The summed E-state index contributed by atoms with van der Waals surface area (Å²) in [5.41, 5.74) is 0.185. The molecule has 0 saturated carbocycles. The van der Waals surface area contributed by atoms with Crippen molar-refractivity contribution in [1.29, 1.82) is 0 Å². The highest BCUT2D eigenvalue weighted by molar-refractivity contribution is 6.31. The second-order valence-corrected chi connectivity index (χ2v) is 3.44. The summed E-state index contributed by atoms with van der Waals surface area (Å²) >= 11 is 5.61. The lowest BCUT2D eigenvalue weighted by Crippen LogP contribution is -1.85. The topological polar surface area (TPSA) is 46.3 Å². The third kappa shape index (κ3) is 1.57. The van der Waals surface area contributed by atoms with E-state index >= 15 is 0 Å². The van der Waals surface area contributed by atoms with Crippen LogP contribution in [0.1, 0.15) is 5.76 Å². The fraction of sp³-hybridized carbons (Fsp3) is 0.100. The Labute approximate surface area is 90.1 Å². The zero-order chi connectivity index (χ0) is 11.0. The SMILES string of the molecule is Cc1onc(-c2cccc(Cl)c2F)c1O. The van der Waals surface area contributed by atoms with Crippen molar-refractivity contribution < 1.29 is 14.0 Å². The highest BCUT2D eigenvalue weighted by Crippen LogP contribution is 2.34. The Morgan fingerprint density at radius 3 is 2.80 bits per heavy atom. The molecule has 0 amide bonds. The molecule has 0 unspecified atom stereocenters. The minimum absolute atomic E-state index is 0.0208. The number of aromatic nitrogens is 1. The second kappa shape index (κ2) is 3.55. The van der Waals surface area contributed by atoms with Gasteiger partial charge in [0.15, 0.2) is 23.0 Å². The van der Waals surface area contributed by atoms with Crippen molar-refractivity contribution in [3.8, 4) is 17.0 Å². The van der Waals surface area contributed by atoms with Crippen LogP contribution in [0.15, 0.2) is 22.7 Å². The smallest absolute Gasteiger partial charge is 0.186 e. The van der Waals surface area contributed by atoms with Crippen LogP contribution in [0.5, 0.6) is 5.75 Å². The first-order chi connectivity index (χ1) is 7.11. The van der Waals surface area contributed by atoms with Crippen molar-refractivity contribution in [2.24, 2.45) is 0 Å². The lowest BCUT2D eigenvalue weighted by atomic mass is 10.1. The van der Waals surface area contributed by atoms with E-state index in [1.54, 1.807) is 6.07 Å². The third-order valence-electron chi connectivity index (χ3n) is 2.04. The van der Waals surface area contributed by atoms with Crippen molar-refractivity contribution in [2.45, 2.75) is 6.92 Å². The van der Waals surface area contributed by atoms with Gasteiger partial charge in [0.1, 0.15) is 0 Å². The van der Waals surface area contributed by atoms with E-state index in [-0.39, 0.29) is 27.8 Å². The molecule has 0 bridgehead atoms. The monoisotopic (exact) mass is 227 g/mol. The van der Waals surface area contributed by atoms with Gasteiger partial charge in [-0.3, -0.25) is 0 Å². The van der Waals surface area contributed by atoms with Crippen molar-refractivity contribution in [2.75, 3.05) is 0 Å². The van der Waals surface area contributed by atoms with Gasteiger partial charge < -0.3 is 9.63 Å². The lowest BCUT2D eigenvalue weighted by molar-refractivity contribution is 0.384. The molecular formula is C10H7ClFNO2. The molecule has 0 atom stereocenters. The Bertz CT molecular complexity index is 510. The molecule has 1 heterocycles. The number of benzene rings is 1. The molecule has 0 aliphatic rings. The average molecular weight is 228 g/mol. The van der Waals surface area contributed by atoms with Gasteiger partial charge in [0.05, 0.1) is 5.02 Å². The largest absolute Gasteiger partial charge is 0.503 e. The molecule has 0 spiro atoms. The van der Waals surface area contributed by atoms with Crippen LogP contribution in [0.4, 0.5) is 4.39 Å². The Morgan fingerprint density at radius 2 is 2.20 bits per heavy atom. The number of aryl methyl sites for hydroxylation is 1. The van der Waals surface area contributed by atoms with Crippen LogP contribution in [0.3, 0.4) is 0 Å². The number of hydrogen-bond acceptors (Lipinski definition) is 3. The van der Waals surface area contributed by atoms with Crippen LogP contribution < -0.4 is 0 Å². The maximum atomic E-state index is 13.6. The zero-order valence-corrected chi connectivity index (χ0v) is 8.55. The Morgan fingerprint density at radius 1 is 1.47 bits per heavy atom. The van der Waals surface area contributed by atoms with Gasteiger partial charge in [-0.15, -0.1) is 0 Å². The first-order valence-corrected chi connectivity index (χ1v) is 4.58. The van der Waals surface area contributed by atoms with Gasteiger partial charge in [0.2, 0.25) is 0 Å². The molecular weight excluding hydrogens is 221 g/mol. The molecule has 3 nitrogen and oxygen atoms in total. The molecule has 5 heteroatoms. The number of hydrogen-bond donors (Lipinski definition) is 1. The molecule has 1 N–H and O–H groups in total. The number of nitrogens with zero attached hydrogens (tertiary/aromatic N) is 1. The fourth-order valence-corrected chi connectivity index (χ4v) is 1.41. The van der Waals surface area contributed by atoms with E-state index < -0.39 is 5.82 Å².